The van der Waals surface area contributed by atoms with Gasteiger partial charge in [0.25, 0.3) is 5.91 Å². The number of alkyl halides is 3. The minimum atomic E-state index is -4.54. The molecule has 1 rings (SSSR count). The number of amides is 1. The molecule has 9 heteroatoms. The monoisotopic (exact) mass is 321 g/mol. The van der Waals surface area contributed by atoms with Gasteiger partial charge in [0, 0.05) is 0 Å². The molecule has 122 valence electrons. The van der Waals surface area contributed by atoms with Crippen LogP contribution in [0, 0.1) is 0 Å². The molecule has 1 aromatic rings. The van der Waals surface area contributed by atoms with Crippen molar-refractivity contribution in [3.05, 3.63) is 23.8 Å². The van der Waals surface area contributed by atoms with E-state index in [9.17, 15) is 22.8 Å². The molecule has 1 aromatic carbocycles. The van der Waals surface area contributed by atoms with Gasteiger partial charge in [-0.15, -0.1) is 0 Å². The van der Waals surface area contributed by atoms with Gasteiger partial charge in [0.2, 0.25) is 0 Å². The number of ether oxygens (including phenoxy) is 3. The number of carbonyl (C=O) groups excluding carboxylic acids is 2. The Balaban J connectivity index is 2.68. The zero-order valence-electron chi connectivity index (χ0n) is 11.8. The Morgan fingerprint density at radius 1 is 1.14 bits per heavy atom. The van der Waals surface area contributed by atoms with Crippen LogP contribution < -0.4 is 14.8 Å². The van der Waals surface area contributed by atoms with Crippen molar-refractivity contribution >= 4 is 11.9 Å². The van der Waals surface area contributed by atoms with E-state index in [-0.39, 0.29) is 17.1 Å². The van der Waals surface area contributed by atoms with Crippen LogP contribution in [0.3, 0.4) is 0 Å². The third-order valence-electron chi connectivity index (χ3n) is 2.45. The number of rotatable bonds is 6. The highest BCUT2D eigenvalue weighted by atomic mass is 19.4. The normalized spacial score (nSPS) is 10.8. The van der Waals surface area contributed by atoms with E-state index < -0.39 is 31.2 Å². The molecule has 1 amide bonds. The first-order valence-corrected chi connectivity index (χ1v) is 6.00. The van der Waals surface area contributed by atoms with Crippen LogP contribution in [-0.2, 0) is 9.53 Å². The summed E-state index contributed by atoms with van der Waals surface area (Å²) in [7, 11) is 2.64. The largest absolute Gasteiger partial charge is 0.496 e. The number of halogens is 3. The van der Waals surface area contributed by atoms with Gasteiger partial charge in [-0.3, -0.25) is 4.79 Å². The summed E-state index contributed by atoms with van der Waals surface area (Å²) in [6.07, 6.45) is -4.54. The second kappa shape index (κ2) is 7.53. The molecule has 0 heterocycles. The first-order valence-electron chi connectivity index (χ1n) is 6.00. The van der Waals surface area contributed by atoms with Crippen molar-refractivity contribution in [1.29, 1.82) is 0 Å². The number of esters is 1. The molecule has 22 heavy (non-hydrogen) atoms. The van der Waals surface area contributed by atoms with Crippen LogP contribution in [0.4, 0.5) is 13.2 Å². The van der Waals surface area contributed by atoms with Gasteiger partial charge in [-0.25, -0.2) is 4.79 Å². The third kappa shape index (κ3) is 5.15. The second-order valence-corrected chi connectivity index (χ2v) is 4.01. The number of benzene rings is 1. The number of nitrogens with one attached hydrogen (secondary N) is 1. The maximum absolute atomic E-state index is 11.9. The fourth-order valence-corrected chi connectivity index (χ4v) is 1.51. The molecule has 0 atom stereocenters. The van der Waals surface area contributed by atoms with E-state index in [1.165, 1.54) is 26.4 Å². The van der Waals surface area contributed by atoms with Crippen LogP contribution in [-0.4, -0.2) is 45.4 Å². The van der Waals surface area contributed by atoms with Gasteiger partial charge in [-0.05, 0) is 12.1 Å². The lowest BCUT2D eigenvalue weighted by molar-refractivity contribution is -0.140. The average Bonchev–Trinajstić information content (AvgIpc) is 2.48. The first-order chi connectivity index (χ1) is 10.3. The molecule has 0 aliphatic rings. The summed E-state index contributed by atoms with van der Waals surface area (Å²) in [6.45, 7) is -2.35. The van der Waals surface area contributed by atoms with E-state index in [0.717, 1.165) is 0 Å². The van der Waals surface area contributed by atoms with E-state index >= 15 is 0 Å². The Hall–Kier alpha value is -2.45. The lowest BCUT2D eigenvalue weighted by Gasteiger charge is -2.12. The van der Waals surface area contributed by atoms with Gasteiger partial charge in [-0.2, -0.15) is 13.2 Å². The van der Waals surface area contributed by atoms with Crippen molar-refractivity contribution in [3.8, 4) is 11.5 Å². The predicted molar refractivity (Wildman–Crippen MR) is 68.9 cm³/mol. The van der Waals surface area contributed by atoms with Gasteiger partial charge in [-0.1, -0.05) is 6.07 Å². The van der Waals surface area contributed by atoms with Gasteiger partial charge in [0.15, 0.2) is 6.61 Å². The van der Waals surface area contributed by atoms with E-state index in [2.05, 4.69) is 4.74 Å². The summed E-state index contributed by atoms with van der Waals surface area (Å²) in [5.74, 6) is -1.71. The number of carbonyl (C=O) groups is 2. The van der Waals surface area contributed by atoms with Crippen LogP contribution >= 0.6 is 0 Å². The maximum atomic E-state index is 11.9. The molecule has 0 spiro atoms. The summed E-state index contributed by atoms with van der Waals surface area (Å²) in [5.41, 5.74) is -0.0591. The van der Waals surface area contributed by atoms with Crippen LogP contribution in [0.25, 0.3) is 0 Å². The van der Waals surface area contributed by atoms with Gasteiger partial charge in [0.1, 0.15) is 23.6 Å². The number of methoxy groups -OCH3 is 2. The van der Waals surface area contributed by atoms with Crippen molar-refractivity contribution in [2.75, 3.05) is 27.4 Å². The Bertz CT molecular complexity index is 523. The molecular weight excluding hydrogens is 307 g/mol. The predicted octanol–water partition coefficient (Wildman–Crippen LogP) is 1.54. The number of hydrogen-bond acceptors (Lipinski definition) is 5. The Kier molecular flexibility index (Phi) is 6.02. The van der Waals surface area contributed by atoms with Gasteiger partial charge in [0.05, 0.1) is 14.2 Å². The van der Waals surface area contributed by atoms with Crippen molar-refractivity contribution in [2.24, 2.45) is 0 Å². The highest BCUT2D eigenvalue weighted by Crippen LogP contribution is 2.28. The van der Waals surface area contributed by atoms with Crippen LogP contribution in [0.15, 0.2) is 18.2 Å². The highest BCUT2D eigenvalue weighted by Gasteiger charge is 2.28. The van der Waals surface area contributed by atoms with E-state index in [1.54, 1.807) is 11.4 Å². The lowest BCUT2D eigenvalue weighted by atomic mass is 10.2. The van der Waals surface area contributed by atoms with Crippen molar-refractivity contribution in [1.82, 2.24) is 5.32 Å². The summed E-state index contributed by atoms with van der Waals surface area (Å²) in [5, 5.41) is 1.58. The molecule has 0 saturated heterocycles. The zero-order chi connectivity index (χ0) is 16.8. The number of hydrogen-bond donors (Lipinski definition) is 1. The summed E-state index contributed by atoms with van der Waals surface area (Å²) in [4.78, 5) is 23.1. The van der Waals surface area contributed by atoms with Crippen molar-refractivity contribution < 1.29 is 37.0 Å². The summed E-state index contributed by atoms with van der Waals surface area (Å²) < 4.78 is 50.4. The first kappa shape index (κ1) is 17.6. The van der Waals surface area contributed by atoms with Crippen molar-refractivity contribution in [3.63, 3.8) is 0 Å². The lowest BCUT2D eigenvalue weighted by Crippen LogP contribution is -2.36. The van der Waals surface area contributed by atoms with Gasteiger partial charge >= 0.3 is 12.1 Å². The smallest absolute Gasteiger partial charge is 0.405 e. The summed E-state index contributed by atoms with van der Waals surface area (Å²) >= 11 is 0. The van der Waals surface area contributed by atoms with Crippen LogP contribution in [0.2, 0.25) is 0 Å². The molecule has 0 saturated carbocycles. The van der Waals surface area contributed by atoms with E-state index in [1.807, 2.05) is 0 Å². The fraction of sp³-hybridized carbons (Fsp3) is 0.385. The maximum Gasteiger partial charge on any atom is 0.405 e. The Morgan fingerprint density at radius 3 is 2.14 bits per heavy atom. The third-order valence-corrected chi connectivity index (χ3v) is 2.45. The van der Waals surface area contributed by atoms with Crippen molar-refractivity contribution in [2.45, 2.75) is 6.18 Å². The fourth-order valence-electron chi connectivity index (χ4n) is 1.51. The zero-order valence-corrected chi connectivity index (χ0v) is 11.8. The van der Waals surface area contributed by atoms with Gasteiger partial charge < -0.3 is 19.5 Å². The second-order valence-electron chi connectivity index (χ2n) is 4.01. The Labute approximate surface area is 124 Å². The minimum absolute atomic E-state index is 0.0591. The molecule has 6 nitrogen and oxygen atoms in total. The van der Waals surface area contributed by atoms with Crippen LogP contribution in [0.1, 0.15) is 10.4 Å². The molecule has 1 N–H and O–H groups in total. The Morgan fingerprint density at radius 2 is 1.68 bits per heavy atom. The molecular formula is C13H14F3NO5. The molecule has 0 fully saturated rings. The minimum Gasteiger partial charge on any atom is -0.496 e. The molecule has 0 aliphatic heterocycles. The SMILES string of the molecule is COc1cccc(OC)c1C(=O)OCC(=O)NCC(F)(F)F. The van der Waals surface area contributed by atoms with E-state index in [4.69, 9.17) is 9.47 Å². The standard InChI is InChI=1S/C13H14F3NO5/c1-20-8-4-3-5-9(21-2)11(8)12(19)22-6-10(18)17-7-13(14,15)16/h3-5H,6-7H2,1-2H3,(H,17,18). The quantitative estimate of drug-likeness (QED) is 0.805. The van der Waals surface area contributed by atoms with Crippen LogP contribution in [0.5, 0.6) is 11.5 Å². The molecule has 0 bridgehead atoms. The molecule has 0 radical (unpaired) electrons. The topological polar surface area (TPSA) is 73.9 Å². The highest BCUT2D eigenvalue weighted by molar-refractivity contribution is 5.96. The molecule has 0 aliphatic carbocycles. The average molecular weight is 321 g/mol. The molecule has 0 unspecified atom stereocenters. The summed E-state index contributed by atoms with van der Waals surface area (Å²) in [6, 6.07) is 4.52. The van der Waals surface area contributed by atoms with E-state index in [0.29, 0.717) is 0 Å². The molecule has 0 aromatic heterocycles.